The molecule has 4 rings (SSSR count). The fraction of sp³-hybridized carbons (Fsp3) is 0.308. The van der Waals surface area contributed by atoms with E-state index in [-0.39, 0.29) is 64.4 Å². The third-order valence-corrected chi connectivity index (χ3v) is 10.2. The molecular formula is C39H51N6O8PTc. The molecule has 0 bridgehead atoms. The quantitative estimate of drug-likeness (QED) is 0.0370. The van der Waals surface area contributed by atoms with E-state index < -0.39 is 31.8 Å². The van der Waals surface area contributed by atoms with Crippen LogP contribution in [0.1, 0.15) is 40.0 Å². The minimum absolute atomic E-state index is 0. The van der Waals surface area contributed by atoms with Crippen LogP contribution in [0.2, 0.25) is 0 Å². The molecule has 2 amide bonds. The summed E-state index contributed by atoms with van der Waals surface area (Å²) >= 11 is 0. The zero-order valence-corrected chi connectivity index (χ0v) is 33.8. The summed E-state index contributed by atoms with van der Waals surface area (Å²) in [5.74, 6) is 5.21. The Hall–Kier alpha value is -4.59. The van der Waals surface area contributed by atoms with Crippen molar-refractivity contribution >= 4 is 48.1 Å². The van der Waals surface area contributed by atoms with Crippen LogP contribution in [-0.4, -0.2) is 108 Å². The Morgan fingerprint density at radius 3 is 1.80 bits per heavy atom. The fourth-order valence-corrected chi connectivity index (χ4v) is 6.61. The summed E-state index contributed by atoms with van der Waals surface area (Å²) in [6, 6.07) is 32.6. The van der Waals surface area contributed by atoms with Crippen LogP contribution >= 0.6 is 7.92 Å². The SMILES string of the molecule is COC(=O)C(CCCCNC(=O)c1ccccc1)NC(=O)c1ccc(N[NH-])nc1.C[PH+](c1ccccc1)c1ccccc1.O=C(O)CN(CCO)CCO.[Tc]. The molecule has 0 aliphatic rings. The van der Waals surface area contributed by atoms with Crippen molar-refractivity contribution in [2.24, 2.45) is 0 Å². The Morgan fingerprint density at radius 2 is 1.35 bits per heavy atom. The van der Waals surface area contributed by atoms with Gasteiger partial charge in [-0.05, 0) is 67.8 Å². The number of methoxy groups -OCH3 is 1. The first-order valence-corrected chi connectivity index (χ1v) is 19.3. The molecule has 0 saturated carbocycles. The number of aliphatic hydroxyl groups excluding tert-OH is 2. The topological polar surface area (TPSA) is 214 Å². The van der Waals surface area contributed by atoms with Crippen molar-refractivity contribution < 1.29 is 59.3 Å². The van der Waals surface area contributed by atoms with Crippen molar-refractivity contribution in [1.29, 1.82) is 0 Å². The molecule has 1 radical (unpaired) electrons. The third-order valence-electron chi connectivity index (χ3n) is 7.79. The van der Waals surface area contributed by atoms with Crippen LogP contribution in [0.15, 0.2) is 109 Å². The second kappa shape index (κ2) is 28.8. The monoisotopic (exact) mass is 859 g/mol. The van der Waals surface area contributed by atoms with E-state index in [4.69, 9.17) is 25.9 Å². The molecule has 0 spiro atoms. The van der Waals surface area contributed by atoms with Gasteiger partial charge in [0.2, 0.25) is 0 Å². The van der Waals surface area contributed by atoms with E-state index in [9.17, 15) is 19.2 Å². The molecule has 1 heterocycles. The van der Waals surface area contributed by atoms with Gasteiger partial charge in [0.15, 0.2) is 0 Å². The van der Waals surface area contributed by atoms with E-state index in [1.807, 2.05) is 6.07 Å². The van der Waals surface area contributed by atoms with Gasteiger partial charge in [0.05, 0.1) is 57.6 Å². The van der Waals surface area contributed by atoms with Crippen molar-refractivity contribution in [3.8, 4) is 0 Å². The molecule has 3 aromatic carbocycles. The molecule has 7 N–H and O–H groups in total. The number of nitrogens with zero attached hydrogens (tertiary/aromatic N) is 2. The van der Waals surface area contributed by atoms with Gasteiger partial charge in [-0.2, -0.15) is 0 Å². The molecule has 0 aliphatic carbocycles. The van der Waals surface area contributed by atoms with Gasteiger partial charge >= 0.3 is 11.9 Å². The van der Waals surface area contributed by atoms with Gasteiger partial charge in [0.25, 0.3) is 11.8 Å². The summed E-state index contributed by atoms with van der Waals surface area (Å²) in [7, 11) is 0.717. The predicted molar refractivity (Wildman–Crippen MR) is 213 cm³/mol. The van der Waals surface area contributed by atoms with Crippen LogP contribution in [0.25, 0.3) is 5.84 Å². The minimum Gasteiger partial charge on any atom is -0.585 e. The number of carbonyl (C=O) groups is 4. The van der Waals surface area contributed by atoms with E-state index >= 15 is 0 Å². The van der Waals surface area contributed by atoms with Crippen molar-refractivity contribution in [3.05, 3.63) is 126 Å². The molecule has 0 aliphatic heterocycles. The number of pyridine rings is 1. The summed E-state index contributed by atoms with van der Waals surface area (Å²) in [4.78, 5) is 51.8. The Bertz CT molecular complexity index is 1620. The van der Waals surface area contributed by atoms with Crippen LogP contribution in [0, 0.1) is 0 Å². The number of hydrogen-bond donors (Lipinski definition) is 6. The van der Waals surface area contributed by atoms with Crippen LogP contribution in [0.3, 0.4) is 0 Å². The number of benzene rings is 3. The van der Waals surface area contributed by atoms with Gasteiger partial charge in [0, 0.05) is 51.5 Å². The average molecular weight is 861 g/mol. The number of carbonyl (C=O) groups excluding carboxylic acids is 3. The molecular weight excluding hydrogens is 809 g/mol. The maximum Gasteiger partial charge on any atom is 0.328 e. The normalized spacial score (nSPS) is 10.7. The van der Waals surface area contributed by atoms with E-state index in [2.05, 4.69) is 88.4 Å². The molecule has 14 nitrogen and oxygen atoms in total. The van der Waals surface area contributed by atoms with Crippen LogP contribution in [0.5, 0.6) is 0 Å². The summed E-state index contributed by atoms with van der Waals surface area (Å²) in [5, 5.41) is 33.7. The molecule has 1 atom stereocenters. The number of unbranched alkanes of at least 4 members (excludes halogenated alkanes) is 1. The van der Waals surface area contributed by atoms with Gasteiger partial charge in [0.1, 0.15) is 11.9 Å². The Morgan fingerprint density at radius 1 is 0.800 bits per heavy atom. The number of carboxylic acids is 1. The number of rotatable bonds is 18. The zero-order valence-electron chi connectivity index (χ0n) is 31.0. The van der Waals surface area contributed by atoms with Gasteiger partial charge in [-0.1, -0.05) is 54.6 Å². The number of anilines is 1. The number of hydrogen-bond acceptors (Lipinski definition) is 10. The van der Waals surface area contributed by atoms with Crippen molar-refractivity contribution in [2.75, 3.05) is 58.6 Å². The number of esters is 1. The van der Waals surface area contributed by atoms with Crippen molar-refractivity contribution in [1.82, 2.24) is 20.5 Å². The Balaban J connectivity index is 0.000000480. The van der Waals surface area contributed by atoms with Crippen molar-refractivity contribution in [3.63, 3.8) is 0 Å². The van der Waals surface area contributed by atoms with Crippen LogP contribution in [0.4, 0.5) is 5.82 Å². The molecule has 0 saturated heterocycles. The number of carboxylic acid groups (broad SMARTS) is 1. The molecule has 16 heteroatoms. The number of aliphatic carboxylic acids is 1. The molecule has 297 valence electrons. The van der Waals surface area contributed by atoms with E-state index in [0.717, 1.165) is 0 Å². The first-order chi connectivity index (χ1) is 26.1. The molecule has 55 heavy (non-hydrogen) atoms. The average Bonchev–Trinajstić information content (AvgIpc) is 3.21. The van der Waals surface area contributed by atoms with Crippen LogP contribution in [-0.2, 0) is 34.4 Å². The van der Waals surface area contributed by atoms with E-state index in [1.54, 1.807) is 24.3 Å². The third kappa shape index (κ3) is 19.5. The summed E-state index contributed by atoms with van der Waals surface area (Å²) in [5.41, 5.74) is 2.98. The van der Waals surface area contributed by atoms with Gasteiger partial charge < -0.3 is 42.0 Å². The predicted octanol–water partition coefficient (Wildman–Crippen LogP) is 3.17. The van der Waals surface area contributed by atoms with Gasteiger partial charge in [-0.25, -0.2) is 9.78 Å². The number of ether oxygens (including phenoxy) is 1. The first kappa shape index (κ1) is 48.4. The maximum atomic E-state index is 12.3. The number of aromatic nitrogens is 1. The van der Waals surface area contributed by atoms with Crippen molar-refractivity contribution in [2.45, 2.75) is 25.3 Å². The number of aliphatic hydroxyl groups is 2. The van der Waals surface area contributed by atoms with Gasteiger partial charge in [-0.3, -0.25) is 19.3 Å². The smallest absolute Gasteiger partial charge is 0.328 e. The summed E-state index contributed by atoms with van der Waals surface area (Å²) in [6.45, 7) is 3.05. The largest absolute Gasteiger partial charge is 0.585 e. The second-order valence-electron chi connectivity index (χ2n) is 11.7. The molecule has 0 fully saturated rings. The minimum atomic E-state index is -0.952. The maximum absolute atomic E-state index is 12.3. The standard InChI is InChI=1S/C20H24N5O4.C13H13P.C6H13NO4.Tc/c1-29-20(28)16(24-19(27)15-10-11-17(25-21)23-13-15)9-5-6-12-22-18(26)14-7-3-2-4-8-14;1-14(12-8-4-2-5-9-12)13-10-6-3-7-11-13;8-3-1-7(2-4-9)5-6(10)11;/h2-4,7-8,10-11,13,16,21H,5-6,9,12H2,1H3,(H,22,26)(H2,23,24,25,27);2-11H,1H3;8-9H,1-5H2,(H,10,11);/q-1;;;/p+1. The number of nitrogens with one attached hydrogen (secondary N) is 4. The number of amides is 2. The summed E-state index contributed by atoms with van der Waals surface area (Å²) < 4.78 is 4.76. The molecule has 1 unspecified atom stereocenters. The van der Waals surface area contributed by atoms with E-state index in [1.165, 1.54) is 40.9 Å². The molecule has 1 aromatic heterocycles. The fourth-order valence-electron chi connectivity index (χ4n) is 4.89. The second-order valence-corrected chi connectivity index (χ2v) is 14.1. The van der Waals surface area contributed by atoms with Crippen LogP contribution < -0.4 is 26.7 Å². The Kier molecular flexibility index (Phi) is 25.4. The zero-order chi connectivity index (χ0) is 39.6. The first-order valence-electron chi connectivity index (χ1n) is 17.3. The molecule has 4 aromatic rings. The van der Waals surface area contributed by atoms with E-state index in [0.29, 0.717) is 37.2 Å². The Labute approximate surface area is 337 Å². The van der Waals surface area contributed by atoms with Gasteiger partial charge in [-0.15, -0.1) is 0 Å². The summed E-state index contributed by atoms with van der Waals surface area (Å²) in [6.07, 6.45) is 2.95.